The number of hydrogen-bond acceptors (Lipinski definition) is 2. The van der Waals surface area contributed by atoms with Crippen LogP contribution in [0.25, 0.3) is 0 Å². The zero-order valence-corrected chi connectivity index (χ0v) is 14.0. The second kappa shape index (κ2) is 6.07. The van der Waals surface area contributed by atoms with Gasteiger partial charge in [-0.2, -0.15) is 13.2 Å². The van der Waals surface area contributed by atoms with Crippen LogP contribution >= 0.6 is 23.2 Å². The molecule has 3 nitrogen and oxygen atoms in total. The SMILES string of the molecule is O=C1NC2(CCC(C(F)(F)F)CC2)C(O)C1c1ccc(Cl)cc1Cl. The van der Waals surface area contributed by atoms with E-state index in [9.17, 15) is 23.1 Å². The van der Waals surface area contributed by atoms with Crippen LogP contribution in [-0.2, 0) is 4.79 Å². The highest BCUT2D eigenvalue weighted by atomic mass is 35.5. The summed E-state index contributed by atoms with van der Waals surface area (Å²) in [5.74, 6) is -2.71. The van der Waals surface area contributed by atoms with E-state index in [2.05, 4.69) is 5.32 Å². The molecule has 1 aliphatic carbocycles. The van der Waals surface area contributed by atoms with Crippen molar-refractivity contribution in [2.24, 2.45) is 5.92 Å². The van der Waals surface area contributed by atoms with Crippen molar-refractivity contribution in [1.29, 1.82) is 0 Å². The molecule has 1 aromatic carbocycles. The van der Waals surface area contributed by atoms with Crippen LogP contribution in [0.15, 0.2) is 18.2 Å². The molecule has 1 saturated carbocycles. The van der Waals surface area contributed by atoms with Crippen LogP contribution in [0.2, 0.25) is 10.0 Å². The second-order valence-corrected chi connectivity index (χ2v) is 7.39. The number of hydrogen-bond donors (Lipinski definition) is 2. The lowest BCUT2D eigenvalue weighted by Crippen LogP contribution is -2.52. The number of alkyl halides is 3. The van der Waals surface area contributed by atoms with Gasteiger partial charge < -0.3 is 10.4 Å². The summed E-state index contributed by atoms with van der Waals surface area (Å²) in [7, 11) is 0. The van der Waals surface area contributed by atoms with Gasteiger partial charge in [0.15, 0.2) is 0 Å². The van der Waals surface area contributed by atoms with Crippen LogP contribution in [0, 0.1) is 5.92 Å². The smallest absolute Gasteiger partial charge is 0.389 e. The second-order valence-electron chi connectivity index (χ2n) is 6.55. The normalized spacial score (nSPS) is 33.8. The van der Waals surface area contributed by atoms with Crippen LogP contribution in [0.1, 0.15) is 37.2 Å². The number of benzene rings is 1. The molecule has 1 saturated heterocycles. The summed E-state index contributed by atoms with van der Waals surface area (Å²) >= 11 is 12.0. The van der Waals surface area contributed by atoms with E-state index >= 15 is 0 Å². The highest BCUT2D eigenvalue weighted by Gasteiger charge is 2.56. The van der Waals surface area contributed by atoms with E-state index in [1.54, 1.807) is 12.1 Å². The van der Waals surface area contributed by atoms with Gasteiger partial charge >= 0.3 is 6.18 Å². The highest BCUT2D eigenvalue weighted by molar-refractivity contribution is 6.35. The molecule has 0 aromatic heterocycles. The maximum atomic E-state index is 12.8. The molecular formula is C16H16Cl2F3NO2. The van der Waals surface area contributed by atoms with Gasteiger partial charge in [-0.3, -0.25) is 4.79 Å². The number of carbonyl (C=O) groups is 1. The van der Waals surface area contributed by atoms with Crippen molar-refractivity contribution >= 4 is 29.1 Å². The van der Waals surface area contributed by atoms with Crippen molar-refractivity contribution in [2.75, 3.05) is 0 Å². The minimum atomic E-state index is -4.24. The van der Waals surface area contributed by atoms with Crippen molar-refractivity contribution in [3.05, 3.63) is 33.8 Å². The molecule has 1 spiro atoms. The first kappa shape index (κ1) is 17.8. The fourth-order valence-corrected chi connectivity index (χ4v) is 4.33. The maximum Gasteiger partial charge on any atom is 0.391 e. The first-order valence-electron chi connectivity index (χ1n) is 7.66. The molecule has 1 amide bonds. The Labute approximate surface area is 147 Å². The molecule has 0 bridgehead atoms. The molecular weight excluding hydrogens is 366 g/mol. The van der Waals surface area contributed by atoms with Gasteiger partial charge in [-0.15, -0.1) is 0 Å². The third-order valence-corrected chi connectivity index (χ3v) is 5.74. The molecule has 1 aliphatic heterocycles. The molecule has 132 valence electrons. The van der Waals surface area contributed by atoms with Crippen LogP contribution in [0.3, 0.4) is 0 Å². The van der Waals surface area contributed by atoms with Gasteiger partial charge in [0.1, 0.15) is 0 Å². The Morgan fingerprint density at radius 1 is 1.21 bits per heavy atom. The summed E-state index contributed by atoms with van der Waals surface area (Å²) in [6.07, 6.45) is -5.41. The van der Waals surface area contributed by atoms with Gasteiger partial charge in [-0.1, -0.05) is 29.3 Å². The lowest BCUT2D eigenvalue weighted by Gasteiger charge is -2.40. The van der Waals surface area contributed by atoms with E-state index in [4.69, 9.17) is 23.2 Å². The predicted octanol–water partition coefficient (Wildman–Crippen LogP) is 4.06. The van der Waals surface area contributed by atoms with Crippen LogP contribution in [0.5, 0.6) is 0 Å². The molecule has 2 aliphatic rings. The molecule has 1 heterocycles. The molecule has 2 N–H and O–H groups in total. The Bertz CT molecular complexity index is 657. The van der Waals surface area contributed by atoms with Crippen LogP contribution in [0.4, 0.5) is 13.2 Å². The quantitative estimate of drug-likeness (QED) is 0.770. The van der Waals surface area contributed by atoms with Crippen molar-refractivity contribution in [1.82, 2.24) is 5.32 Å². The van der Waals surface area contributed by atoms with Gasteiger partial charge in [0.05, 0.1) is 23.5 Å². The predicted molar refractivity (Wildman–Crippen MR) is 84.1 cm³/mol. The summed E-state index contributed by atoms with van der Waals surface area (Å²) in [6, 6.07) is 4.61. The first-order valence-corrected chi connectivity index (χ1v) is 8.41. The van der Waals surface area contributed by atoms with Crippen molar-refractivity contribution in [3.63, 3.8) is 0 Å². The summed E-state index contributed by atoms with van der Waals surface area (Å²) in [5, 5.41) is 14.1. The van der Waals surface area contributed by atoms with E-state index in [-0.39, 0.29) is 30.7 Å². The maximum absolute atomic E-state index is 12.8. The number of nitrogens with one attached hydrogen (secondary N) is 1. The first-order chi connectivity index (χ1) is 11.1. The van der Waals surface area contributed by atoms with E-state index < -0.39 is 35.6 Å². The Hall–Kier alpha value is -0.980. The number of halogens is 5. The third kappa shape index (κ3) is 3.00. The Morgan fingerprint density at radius 3 is 2.38 bits per heavy atom. The molecule has 1 aromatic rings. The monoisotopic (exact) mass is 381 g/mol. The molecule has 2 unspecified atom stereocenters. The number of amides is 1. The number of carbonyl (C=O) groups excluding carboxylic acids is 1. The van der Waals surface area contributed by atoms with Crippen molar-refractivity contribution in [2.45, 2.75) is 49.4 Å². The van der Waals surface area contributed by atoms with Gasteiger partial charge in [0.2, 0.25) is 5.91 Å². The summed E-state index contributed by atoms with van der Waals surface area (Å²) < 4.78 is 38.5. The van der Waals surface area contributed by atoms with Gasteiger partial charge in [0.25, 0.3) is 0 Å². The summed E-state index contributed by atoms with van der Waals surface area (Å²) in [5.41, 5.74) is -0.590. The number of rotatable bonds is 1. The molecule has 2 fully saturated rings. The van der Waals surface area contributed by atoms with Gasteiger partial charge in [-0.05, 0) is 43.4 Å². The molecule has 8 heteroatoms. The lowest BCUT2D eigenvalue weighted by molar-refractivity contribution is -0.187. The largest absolute Gasteiger partial charge is 0.391 e. The lowest BCUT2D eigenvalue weighted by atomic mass is 9.72. The average molecular weight is 382 g/mol. The van der Waals surface area contributed by atoms with Gasteiger partial charge in [-0.25, -0.2) is 0 Å². The minimum Gasteiger partial charge on any atom is -0.389 e. The van der Waals surface area contributed by atoms with E-state index in [1.807, 2.05) is 0 Å². The standard InChI is InChI=1S/C16H16Cl2F3NO2/c17-9-1-2-10(11(18)7-9)12-13(23)15(22-14(12)24)5-3-8(4-6-15)16(19,20)21/h1-2,7-8,12-13,23H,3-6H2,(H,22,24). The zero-order valence-electron chi connectivity index (χ0n) is 12.5. The van der Waals surface area contributed by atoms with E-state index in [1.165, 1.54) is 6.07 Å². The Kier molecular flexibility index (Phi) is 4.51. The van der Waals surface area contributed by atoms with Gasteiger partial charge in [0, 0.05) is 10.0 Å². The molecule has 2 atom stereocenters. The van der Waals surface area contributed by atoms with Crippen LogP contribution in [-0.4, -0.2) is 28.8 Å². The minimum absolute atomic E-state index is 0.0891. The number of aliphatic hydroxyl groups is 1. The Balaban J connectivity index is 1.83. The van der Waals surface area contributed by atoms with E-state index in [0.717, 1.165) is 0 Å². The number of aliphatic hydroxyl groups excluding tert-OH is 1. The van der Waals surface area contributed by atoms with Crippen LogP contribution < -0.4 is 5.32 Å². The topological polar surface area (TPSA) is 49.3 Å². The van der Waals surface area contributed by atoms with Crippen molar-refractivity contribution < 1.29 is 23.1 Å². The zero-order chi connectivity index (χ0) is 17.7. The van der Waals surface area contributed by atoms with E-state index in [0.29, 0.717) is 10.6 Å². The fraction of sp³-hybridized carbons (Fsp3) is 0.562. The summed E-state index contributed by atoms with van der Waals surface area (Å²) in [6.45, 7) is 0. The molecule has 0 radical (unpaired) electrons. The third-order valence-electron chi connectivity index (χ3n) is 5.17. The van der Waals surface area contributed by atoms with Crippen molar-refractivity contribution in [3.8, 4) is 0 Å². The molecule has 3 rings (SSSR count). The average Bonchev–Trinajstić information content (AvgIpc) is 2.70. The Morgan fingerprint density at radius 2 is 1.83 bits per heavy atom. The highest BCUT2D eigenvalue weighted by Crippen LogP contribution is 2.48. The summed E-state index contributed by atoms with van der Waals surface area (Å²) in [4.78, 5) is 12.4. The fourth-order valence-electron chi connectivity index (χ4n) is 3.81. The molecule has 24 heavy (non-hydrogen) atoms.